The van der Waals surface area contributed by atoms with Gasteiger partial charge in [-0.05, 0) is 53.9 Å². The third kappa shape index (κ3) is 4.29. The van der Waals surface area contributed by atoms with E-state index in [1.807, 2.05) is 24.3 Å². The monoisotopic (exact) mass is 420 g/mol. The Morgan fingerprint density at radius 2 is 1.88 bits per heavy atom. The minimum atomic E-state index is -3.20. The average Bonchev–Trinajstić information content (AvgIpc) is 2.59. The number of halogens is 1. The quantitative estimate of drug-likeness (QED) is 0.606. The molecule has 0 saturated heterocycles. The number of hydrogen-bond acceptors (Lipinski definition) is 5. The molecule has 3 rings (SSSR count). The summed E-state index contributed by atoms with van der Waals surface area (Å²) in [6, 6.07) is 14.4. The molecule has 0 aliphatic heterocycles. The van der Waals surface area contributed by atoms with Crippen LogP contribution in [0.3, 0.4) is 0 Å². The zero-order valence-corrected chi connectivity index (χ0v) is 16.0. The van der Waals surface area contributed by atoms with E-state index in [1.54, 1.807) is 30.5 Å². The summed E-state index contributed by atoms with van der Waals surface area (Å²) in [6.07, 6.45) is 2.92. The molecule has 0 fully saturated rings. The predicted molar refractivity (Wildman–Crippen MR) is 104 cm³/mol. The lowest BCUT2D eigenvalue weighted by Crippen LogP contribution is -1.99. The zero-order chi connectivity index (χ0) is 17.9. The van der Waals surface area contributed by atoms with Crippen LogP contribution in [0, 0.1) is 0 Å². The van der Waals surface area contributed by atoms with Crippen LogP contribution in [0.1, 0.15) is 0 Å². The Labute approximate surface area is 155 Å². The topological polar surface area (TPSA) is 68.3 Å². The molecule has 130 valence electrons. The number of ether oxygens (including phenoxy) is 1. The summed E-state index contributed by atoms with van der Waals surface area (Å²) in [5, 5.41) is 5.98. The fourth-order valence-electron chi connectivity index (χ4n) is 2.42. The van der Waals surface area contributed by atoms with E-state index in [4.69, 9.17) is 4.74 Å². The number of pyridine rings is 1. The van der Waals surface area contributed by atoms with Gasteiger partial charge in [-0.1, -0.05) is 15.9 Å². The molecule has 5 nitrogen and oxygen atoms in total. The van der Waals surface area contributed by atoms with Crippen molar-refractivity contribution >= 4 is 48.0 Å². The lowest BCUT2D eigenvalue weighted by molar-refractivity contribution is 0.345. The van der Waals surface area contributed by atoms with E-state index in [1.165, 1.54) is 6.26 Å². The molecule has 0 saturated carbocycles. The van der Waals surface area contributed by atoms with Gasteiger partial charge in [0.05, 0.1) is 11.5 Å². The zero-order valence-electron chi connectivity index (χ0n) is 13.6. The van der Waals surface area contributed by atoms with Gasteiger partial charge in [0.1, 0.15) is 11.6 Å². The summed E-state index contributed by atoms with van der Waals surface area (Å²) in [7, 11) is -3.20. The summed E-state index contributed by atoms with van der Waals surface area (Å²) in [6.45, 7) is 0.606. The summed E-state index contributed by atoms with van der Waals surface area (Å²) in [5.41, 5.74) is 0.770. The van der Waals surface area contributed by atoms with E-state index in [-0.39, 0.29) is 4.90 Å². The molecular weight excluding hydrogens is 404 g/mol. The fraction of sp³-hybridized carbons (Fsp3) is 0.167. The molecule has 1 N–H and O–H groups in total. The maximum Gasteiger partial charge on any atom is 0.175 e. The second-order valence-corrected chi connectivity index (χ2v) is 8.31. The standard InChI is InChI=1S/C18H17BrN2O3S/c1-25(22,23)16-5-2-14(3-6-16)21-18-17-7-4-15(24-11-9-19)12-13(17)8-10-20-18/h2-8,10,12H,9,11H2,1H3,(H,20,21). The number of rotatable bonds is 6. The lowest BCUT2D eigenvalue weighted by Gasteiger charge is -2.11. The first-order valence-electron chi connectivity index (χ1n) is 7.62. The molecule has 0 atom stereocenters. The number of benzene rings is 2. The van der Waals surface area contributed by atoms with E-state index in [2.05, 4.69) is 26.2 Å². The fourth-order valence-corrected chi connectivity index (χ4v) is 3.22. The van der Waals surface area contributed by atoms with Gasteiger partial charge < -0.3 is 10.1 Å². The lowest BCUT2D eigenvalue weighted by atomic mass is 10.1. The Hall–Kier alpha value is -2.12. The van der Waals surface area contributed by atoms with Gasteiger partial charge in [0.25, 0.3) is 0 Å². The maximum atomic E-state index is 11.5. The maximum absolute atomic E-state index is 11.5. The number of nitrogens with one attached hydrogen (secondary N) is 1. The molecule has 0 aliphatic rings. The minimum Gasteiger partial charge on any atom is -0.493 e. The summed E-state index contributed by atoms with van der Waals surface area (Å²) in [4.78, 5) is 4.68. The van der Waals surface area contributed by atoms with Crippen molar-refractivity contribution in [2.75, 3.05) is 23.5 Å². The number of aromatic nitrogens is 1. The molecule has 7 heteroatoms. The van der Waals surface area contributed by atoms with Crippen LogP contribution in [0.4, 0.5) is 11.5 Å². The van der Waals surface area contributed by atoms with Gasteiger partial charge in [0.2, 0.25) is 0 Å². The van der Waals surface area contributed by atoms with Crippen LogP contribution in [0.25, 0.3) is 10.8 Å². The van der Waals surface area contributed by atoms with Gasteiger partial charge in [0.15, 0.2) is 9.84 Å². The number of alkyl halides is 1. The van der Waals surface area contributed by atoms with Crippen molar-refractivity contribution in [1.29, 1.82) is 0 Å². The number of fused-ring (bicyclic) bond motifs is 1. The molecule has 1 heterocycles. The Morgan fingerprint density at radius 3 is 2.56 bits per heavy atom. The molecule has 0 amide bonds. The van der Waals surface area contributed by atoms with Crippen LogP contribution in [0.2, 0.25) is 0 Å². The largest absolute Gasteiger partial charge is 0.493 e. The van der Waals surface area contributed by atoms with Crippen molar-refractivity contribution in [3.63, 3.8) is 0 Å². The Morgan fingerprint density at radius 1 is 1.12 bits per heavy atom. The van der Waals surface area contributed by atoms with Crippen molar-refractivity contribution in [2.24, 2.45) is 0 Å². The third-order valence-electron chi connectivity index (χ3n) is 3.63. The SMILES string of the molecule is CS(=O)(=O)c1ccc(Nc2nccc3cc(OCCBr)ccc23)cc1. The summed E-state index contributed by atoms with van der Waals surface area (Å²) < 4.78 is 28.7. The van der Waals surface area contributed by atoms with Gasteiger partial charge in [0, 0.05) is 28.9 Å². The van der Waals surface area contributed by atoms with Crippen LogP contribution in [-0.2, 0) is 9.84 Å². The number of nitrogens with zero attached hydrogens (tertiary/aromatic N) is 1. The highest BCUT2D eigenvalue weighted by molar-refractivity contribution is 9.09. The van der Waals surface area contributed by atoms with Crippen molar-refractivity contribution in [1.82, 2.24) is 4.98 Å². The van der Waals surface area contributed by atoms with Crippen molar-refractivity contribution < 1.29 is 13.2 Å². The highest BCUT2D eigenvalue weighted by Gasteiger charge is 2.08. The van der Waals surface area contributed by atoms with E-state index in [0.29, 0.717) is 12.4 Å². The summed E-state index contributed by atoms with van der Waals surface area (Å²) in [5.74, 6) is 1.51. The van der Waals surface area contributed by atoms with E-state index in [0.717, 1.165) is 27.5 Å². The Balaban J connectivity index is 1.88. The Kier molecular flexibility index (Phi) is 5.24. The molecule has 0 radical (unpaired) electrons. The molecule has 1 aromatic heterocycles. The highest BCUT2D eigenvalue weighted by Crippen LogP contribution is 2.28. The highest BCUT2D eigenvalue weighted by atomic mass is 79.9. The van der Waals surface area contributed by atoms with E-state index in [9.17, 15) is 8.42 Å². The molecule has 3 aromatic rings. The van der Waals surface area contributed by atoms with Crippen LogP contribution < -0.4 is 10.1 Å². The number of hydrogen-bond donors (Lipinski definition) is 1. The molecule has 25 heavy (non-hydrogen) atoms. The Bertz CT molecular complexity index is 989. The van der Waals surface area contributed by atoms with Crippen LogP contribution in [0.5, 0.6) is 5.75 Å². The van der Waals surface area contributed by atoms with E-state index >= 15 is 0 Å². The normalized spacial score (nSPS) is 11.4. The van der Waals surface area contributed by atoms with Crippen molar-refractivity contribution in [2.45, 2.75) is 4.90 Å². The van der Waals surface area contributed by atoms with Crippen molar-refractivity contribution in [3.8, 4) is 5.75 Å². The van der Waals surface area contributed by atoms with Crippen molar-refractivity contribution in [3.05, 3.63) is 54.7 Å². The first-order chi connectivity index (χ1) is 12.0. The van der Waals surface area contributed by atoms with Gasteiger partial charge in [-0.15, -0.1) is 0 Å². The molecule has 2 aromatic carbocycles. The smallest absolute Gasteiger partial charge is 0.175 e. The van der Waals surface area contributed by atoms with Crippen LogP contribution in [0.15, 0.2) is 59.6 Å². The molecular formula is C18H17BrN2O3S. The van der Waals surface area contributed by atoms with Gasteiger partial charge >= 0.3 is 0 Å². The molecule has 0 aliphatic carbocycles. The predicted octanol–water partition coefficient (Wildman–Crippen LogP) is 4.16. The molecule has 0 unspecified atom stereocenters. The molecule has 0 bridgehead atoms. The number of anilines is 2. The second-order valence-electron chi connectivity index (χ2n) is 5.50. The molecule has 0 spiro atoms. The average molecular weight is 421 g/mol. The van der Waals surface area contributed by atoms with E-state index < -0.39 is 9.84 Å². The third-order valence-corrected chi connectivity index (χ3v) is 5.08. The second kappa shape index (κ2) is 7.41. The van der Waals surface area contributed by atoms with Crippen LogP contribution in [-0.4, -0.2) is 31.6 Å². The minimum absolute atomic E-state index is 0.289. The first kappa shape index (κ1) is 17.7. The van der Waals surface area contributed by atoms with Crippen LogP contribution >= 0.6 is 15.9 Å². The summed E-state index contributed by atoms with van der Waals surface area (Å²) >= 11 is 3.34. The number of sulfone groups is 1. The van der Waals surface area contributed by atoms with Gasteiger partial charge in [-0.25, -0.2) is 13.4 Å². The van der Waals surface area contributed by atoms with Gasteiger partial charge in [-0.2, -0.15) is 0 Å². The first-order valence-corrected chi connectivity index (χ1v) is 10.6. The van der Waals surface area contributed by atoms with Gasteiger partial charge in [-0.3, -0.25) is 0 Å².